The molecule has 68 valence electrons. The van der Waals surface area contributed by atoms with Gasteiger partial charge in [-0.1, -0.05) is 0 Å². The number of nitrogens with one attached hydrogen (secondary N) is 1. The van der Waals surface area contributed by atoms with E-state index in [9.17, 15) is 9.50 Å². The van der Waals surface area contributed by atoms with Gasteiger partial charge in [0.2, 0.25) is 0 Å². The van der Waals surface area contributed by atoms with E-state index in [1.54, 1.807) is 6.07 Å². The smallest absolute Gasteiger partial charge is 0.150 e. The summed E-state index contributed by atoms with van der Waals surface area (Å²) < 4.78 is 13.2. The van der Waals surface area contributed by atoms with Crippen molar-refractivity contribution in [2.45, 2.75) is 13.8 Å². The van der Waals surface area contributed by atoms with Crippen LogP contribution in [0.4, 0.5) is 4.39 Å². The van der Waals surface area contributed by atoms with Crippen LogP contribution in [-0.2, 0) is 0 Å². The quantitative estimate of drug-likeness (QED) is 0.640. The molecule has 0 fully saturated rings. The average Bonchev–Trinajstić information content (AvgIpc) is 2.32. The molecule has 2 rings (SSSR count). The van der Waals surface area contributed by atoms with Gasteiger partial charge in [-0.15, -0.1) is 0 Å². The van der Waals surface area contributed by atoms with Crippen molar-refractivity contribution in [2.24, 2.45) is 0 Å². The van der Waals surface area contributed by atoms with Crippen LogP contribution in [0.2, 0.25) is 0 Å². The van der Waals surface area contributed by atoms with Crippen molar-refractivity contribution in [2.75, 3.05) is 0 Å². The molecule has 1 aromatic carbocycles. The first-order valence-electron chi connectivity index (χ1n) is 4.07. The lowest BCUT2D eigenvalue weighted by Gasteiger charge is -1.95. The van der Waals surface area contributed by atoms with Gasteiger partial charge in [0, 0.05) is 17.1 Å². The summed E-state index contributed by atoms with van der Waals surface area (Å²) in [6.45, 7) is 3.78. The van der Waals surface area contributed by atoms with Gasteiger partial charge in [0.1, 0.15) is 5.75 Å². The molecule has 0 bridgehead atoms. The van der Waals surface area contributed by atoms with Gasteiger partial charge in [-0.3, -0.25) is 0 Å². The van der Waals surface area contributed by atoms with Crippen molar-refractivity contribution in [1.29, 1.82) is 0 Å². The van der Waals surface area contributed by atoms with E-state index in [0.29, 0.717) is 5.52 Å². The highest BCUT2D eigenvalue weighted by Gasteiger charge is 2.09. The zero-order valence-electron chi connectivity index (χ0n) is 7.48. The normalized spacial score (nSPS) is 11.0. The summed E-state index contributed by atoms with van der Waals surface area (Å²) in [7, 11) is 0. The Labute approximate surface area is 75.0 Å². The molecule has 0 saturated carbocycles. The molecule has 0 aliphatic carbocycles. The van der Waals surface area contributed by atoms with Crippen molar-refractivity contribution in [3.8, 4) is 5.75 Å². The van der Waals surface area contributed by atoms with Crippen LogP contribution in [-0.4, -0.2) is 10.1 Å². The Morgan fingerprint density at radius 2 is 2.00 bits per heavy atom. The number of aryl methyl sites for hydroxylation is 2. The van der Waals surface area contributed by atoms with E-state index in [2.05, 4.69) is 4.98 Å². The first-order chi connectivity index (χ1) is 6.09. The van der Waals surface area contributed by atoms with Gasteiger partial charge in [-0.25, -0.2) is 4.39 Å². The van der Waals surface area contributed by atoms with E-state index in [1.165, 1.54) is 0 Å². The lowest BCUT2D eigenvalue weighted by atomic mass is 10.1. The third-order valence-electron chi connectivity index (χ3n) is 2.35. The molecular weight excluding hydrogens is 169 g/mol. The number of H-pyrrole nitrogens is 1. The Balaban J connectivity index is 2.94. The second-order valence-electron chi connectivity index (χ2n) is 3.23. The Morgan fingerprint density at radius 3 is 2.69 bits per heavy atom. The summed E-state index contributed by atoms with van der Waals surface area (Å²) in [6.07, 6.45) is 0. The highest BCUT2D eigenvalue weighted by molar-refractivity contribution is 5.86. The number of phenols is 1. The first-order valence-corrected chi connectivity index (χ1v) is 4.07. The monoisotopic (exact) mass is 179 g/mol. The van der Waals surface area contributed by atoms with Crippen molar-refractivity contribution >= 4 is 10.9 Å². The third-order valence-corrected chi connectivity index (χ3v) is 2.35. The van der Waals surface area contributed by atoms with E-state index in [1.807, 2.05) is 13.8 Å². The van der Waals surface area contributed by atoms with Crippen molar-refractivity contribution in [3.05, 3.63) is 29.2 Å². The summed E-state index contributed by atoms with van der Waals surface area (Å²) in [5, 5.41) is 9.94. The molecule has 0 spiro atoms. The number of hydrogen-bond donors (Lipinski definition) is 2. The molecule has 13 heavy (non-hydrogen) atoms. The fourth-order valence-electron chi connectivity index (χ4n) is 1.50. The number of halogens is 1. The minimum atomic E-state index is -0.411. The number of hydrogen-bond acceptors (Lipinski definition) is 1. The number of rotatable bonds is 0. The van der Waals surface area contributed by atoms with Gasteiger partial charge in [-0.05, 0) is 25.5 Å². The van der Waals surface area contributed by atoms with Gasteiger partial charge in [-0.2, -0.15) is 0 Å². The maximum absolute atomic E-state index is 13.2. The van der Waals surface area contributed by atoms with Crippen LogP contribution in [0.1, 0.15) is 11.3 Å². The van der Waals surface area contributed by atoms with Crippen LogP contribution in [0.5, 0.6) is 5.75 Å². The number of fused-ring (bicyclic) bond motifs is 1. The molecule has 0 amide bonds. The van der Waals surface area contributed by atoms with Crippen LogP contribution in [0.15, 0.2) is 12.1 Å². The van der Waals surface area contributed by atoms with Gasteiger partial charge in [0.25, 0.3) is 0 Å². The fraction of sp³-hybridized carbons (Fsp3) is 0.200. The lowest BCUT2D eigenvalue weighted by Crippen LogP contribution is -1.77. The Hall–Kier alpha value is -1.51. The van der Waals surface area contributed by atoms with Crippen LogP contribution in [0, 0.1) is 19.7 Å². The summed E-state index contributed by atoms with van der Waals surface area (Å²) in [6, 6.07) is 2.68. The van der Waals surface area contributed by atoms with Crippen LogP contribution in [0.25, 0.3) is 10.9 Å². The molecule has 2 nitrogen and oxygen atoms in total. The van der Waals surface area contributed by atoms with Crippen molar-refractivity contribution in [1.82, 2.24) is 4.98 Å². The van der Waals surface area contributed by atoms with Crippen molar-refractivity contribution in [3.63, 3.8) is 0 Å². The average molecular weight is 179 g/mol. The molecule has 3 heteroatoms. The van der Waals surface area contributed by atoms with Crippen molar-refractivity contribution < 1.29 is 9.50 Å². The molecule has 2 N–H and O–H groups in total. The van der Waals surface area contributed by atoms with Gasteiger partial charge in [0.05, 0.1) is 5.52 Å². The highest BCUT2D eigenvalue weighted by Crippen LogP contribution is 2.27. The standard InChI is InChI=1S/C10H10FNO/c1-5-6(2)12-10-8(5)3-7(13)4-9(10)11/h3-4,12-13H,1-2H3. The number of aromatic amines is 1. The maximum atomic E-state index is 13.2. The topological polar surface area (TPSA) is 36.0 Å². The van der Waals surface area contributed by atoms with Crippen LogP contribution >= 0.6 is 0 Å². The lowest BCUT2D eigenvalue weighted by molar-refractivity contribution is 0.471. The molecule has 0 unspecified atom stereocenters. The van der Waals surface area contributed by atoms with Gasteiger partial charge < -0.3 is 10.1 Å². The number of benzene rings is 1. The summed E-state index contributed by atoms with van der Waals surface area (Å²) >= 11 is 0. The molecule has 0 atom stereocenters. The largest absolute Gasteiger partial charge is 0.508 e. The fourth-order valence-corrected chi connectivity index (χ4v) is 1.50. The van der Waals surface area contributed by atoms with Crippen LogP contribution < -0.4 is 0 Å². The zero-order chi connectivity index (χ0) is 9.59. The number of aromatic hydroxyl groups is 1. The van der Waals surface area contributed by atoms with Crippen LogP contribution in [0.3, 0.4) is 0 Å². The molecule has 1 heterocycles. The molecule has 0 aliphatic rings. The predicted molar refractivity (Wildman–Crippen MR) is 49.4 cm³/mol. The molecule has 0 radical (unpaired) electrons. The van der Waals surface area contributed by atoms with E-state index >= 15 is 0 Å². The Morgan fingerprint density at radius 1 is 1.31 bits per heavy atom. The highest BCUT2D eigenvalue weighted by atomic mass is 19.1. The van der Waals surface area contributed by atoms with E-state index < -0.39 is 5.82 Å². The van der Waals surface area contributed by atoms with E-state index in [4.69, 9.17) is 0 Å². The number of aromatic nitrogens is 1. The molecule has 0 aliphatic heterocycles. The minimum Gasteiger partial charge on any atom is -0.508 e. The summed E-state index contributed by atoms with van der Waals surface area (Å²) in [5.74, 6) is -0.446. The maximum Gasteiger partial charge on any atom is 0.150 e. The molecule has 0 saturated heterocycles. The molecule has 2 aromatic rings. The minimum absolute atomic E-state index is 0.0351. The van der Waals surface area contributed by atoms with E-state index in [0.717, 1.165) is 22.7 Å². The summed E-state index contributed by atoms with van der Waals surface area (Å²) in [5.41, 5.74) is 2.37. The second kappa shape index (κ2) is 2.49. The second-order valence-corrected chi connectivity index (χ2v) is 3.23. The molecular formula is C10H10FNO. The van der Waals surface area contributed by atoms with Gasteiger partial charge in [0.15, 0.2) is 5.82 Å². The Kier molecular flexibility index (Phi) is 1.55. The predicted octanol–water partition coefficient (Wildman–Crippen LogP) is 2.63. The summed E-state index contributed by atoms with van der Waals surface area (Å²) in [4.78, 5) is 2.94. The SMILES string of the molecule is Cc1[nH]c2c(F)cc(O)cc2c1C. The Bertz CT molecular complexity index is 473. The third kappa shape index (κ3) is 1.08. The van der Waals surface area contributed by atoms with E-state index in [-0.39, 0.29) is 5.75 Å². The zero-order valence-corrected chi connectivity index (χ0v) is 7.48. The number of phenolic OH excluding ortho intramolecular Hbond substituents is 1. The van der Waals surface area contributed by atoms with Gasteiger partial charge >= 0.3 is 0 Å². The molecule has 1 aromatic heterocycles. The first kappa shape index (κ1) is 8.10.